The molecule has 1 amide bonds. The minimum atomic E-state index is -0.548. The van der Waals surface area contributed by atoms with Crippen LogP contribution in [0, 0.1) is 0 Å². The molecule has 4 heteroatoms. The number of nitrogens with zero attached hydrogens (tertiary/aromatic N) is 1. The Morgan fingerprint density at radius 3 is 2.42 bits per heavy atom. The van der Waals surface area contributed by atoms with Crippen molar-refractivity contribution in [3.8, 4) is 0 Å². The summed E-state index contributed by atoms with van der Waals surface area (Å²) in [6.45, 7) is 3.64. The molecule has 0 bridgehead atoms. The summed E-state index contributed by atoms with van der Waals surface area (Å²) in [4.78, 5) is 25.1. The van der Waals surface area contributed by atoms with Crippen LogP contribution >= 0.6 is 0 Å². The van der Waals surface area contributed by atoms with Gasteiger partial charge in [0.1, 0.15) is 6.42 Å². The van der Waals surface area contributed by atoms with E-state index in [0.29, 0.717) is 6.42 Å². The van der Waals surface area contributed by atoms with Crippen molar-refractivity contribution in [1.29, 1.82) is 0 Å². The van der Waals surface area contributed by atoms with Gasteiger partial charge in [0.05, 0.1) is 7.11 Å². The van der Waals surface area contributed by atoms with Crippen LogP contribution in [0.15, 0.2) is 4.99 Å². The molecule has 4 nitrogen and oxygen atoms in total. The Morgan fingerprint density at radius 1 is 1.42 bits per heavy atom. The zero-order chi connectivity index (χ0) is 9.56. The Balaban J connectivity index is 3.98. The molecule has 0 rings (SSSR count). The molecular formula is C8H13NO3. The molecule has 0 saturated heterocycles. The molecule has 0 aromatic heterocycles. The zero-order valence-corrected chi connectivity index (χ0v) is 7.59. The number of ether oxygens (including phenoxy) is 1. The Hall–Kier alpha value is -1.19. The number of hydrogen-bond donors (Lipinski definition) is 0. The van der Waals surface area contributed by atoms with E-state index in [0.717, 1.165) is 5.71 Å². The van der Waals surface area contributed by atoms with Crippen LogP contribution in [0.4, 0.5) is 0 Å². The van der Waals surface area contributed by atoms with Gasteiger partial charge >= 0.3 is 5.97 Å². The number of methoxy groups -OCH3 is 1. The number of carbonyl (C=O) groups excluding carboxylic acids is 2. The number of amides is 1. The summed E-state index contributed by atoms with van der Waals surface area (Å²) in [7, 11) is 1.24. The predicted molar refractivity (Wildman–Crippen MR) is 45.0 cm³/mol. The van der Waals surface area contributed by atoms with Crippen LogP contribution in [0.5, 0.6) is 0 Å². The molecule has 0 aromatic rings. The molecule has 68 valence electrons. The fourth-order valence-corrected chi connectivity index (χ4v) is 0.527. The number of carbonyl (C=O) groups is 2. The monoisotopic (exact) mass is 171 g/mol. The van der Waals surface area contributed by atoms with E-state index in [1.165, 1.54) is 7.11 Å². The third-order valence-corrected chi connectivity index (χ3v) is 1.35. The lowest BCUT2D eigenvalue weighted by molar-refractivity contribution is -0.143. The van der Waals surface area contributed by atoms with Crippen LogP contribution in [0.3, 0.4) is 0 Å². The average molecular weight is 171 g/mol. The van der Waals surface area contributed by atoms with E-state index in [9.17, 15) is 9.59 Å². The van der Waals surface area contributed by atoms with Gasteiger partial charge in [0.25, 0.3) is 5.91 Å². The SMILES string of the molecule is CCC(C)=NC(=O)CC(=O)OC. The van der Waals surface area contributed by atoms with Crippen molar-refractivity contribution in [3.63, 3.8) is 0 Å². The van der Waals surface area contributed by atoms with E-state index in [1.54, 1.807) is 6.92 Å². The maximum atomic E-state index is 10.9. The first kappa shape index (κ1) is 10.8. The van der Waals surface area contributed by atoms with Gasteiger partial charge in [-0.1, -0.05) is 6.92 Å². The molecule has 0 aliphatic carbocycles. The summed E-state index contributed by atoms with van der Waals surface area (Å²) in [6, 6.07) is 0. The minimum absolute atomic E-state index is 0.270. The van der Waals surface area contributed by atoms with Gasteiger partial charge in [-0.2, -0.15) is 0 Å². The van der Waals surface area contributed by atoms with E-state index >= 15 is 0 Å². The predicted octanol–water partition coefficient (Wildman–Crippen LogP) is 0.947. The average Bonchev–Trinajstić information content (AvgIpc) is 2.03. The third kappa shape index (κ3) is 4.60. The molecule has 0 aromatic carbocycles. The van der Waals surface area contributed by atoms with Crippen molar-refractivity contribution in [2.24, 2.45) is 4.99 Å². The number of hydrogen-bond acceptors (Lipinski definition) is 3. The van der Waals surface area contributed by atoms with Crippen molar-refractivity contribution >= 4 is 17.6 Å². The maximum Gasteiger partial charge on any atom is 0.315 e. The number of esters is 1. The second kappa shape index (κ2) is 5.46. The summed E-state index contributed by atoms with van der Waals surface area (Å²) in [5.74, 6) is -0.992. The fraction of sp³-hybridized carbons (Fsp3) is 0.625. The van der Waals surface area contributed by atoms with E-state index < -0.39 is 11.9 Å². The molecule has 0 atom stereocenters. The van der Waals surface area contributed by atoms with Gasteiger partial charge < -0.3 is 4.74 Å². The van der Waals surface area contributed by atoms with Gasteiger partial charge in [-0.05, 0) is 13.3 Å². The number of aliphatic imine (C=N–C) groups is 1. The van der Waals surface area contributed by atoms with E-state index in [1.807, 2.05) is 6.92 Å². The molecule has 0 aliphatic rings. The van der Waals surface area contributed by atoms with Crippen molar-refractivity contribution in [2.75, 3.05) is 7.11 Å². The van der Waals surface area contributed by atoms with Crippen molar-refractivity contribution in [2.45, 2.75) is 26.7 Å². The topological polar surface area (TPSA) is 55.7 Å². The first-order chi connectivity index (χ1) is 5.60. The third-order valence-electron chi connectivity index (χ3n) is 1.35. The van der Waals surface area contributed by atoms with Crippen molar-refractivity contribution in [3.05, 3.63) is 0 Å². The Morgan fingerprint density at radius 2 is 2.00 bits per heavy atom. The van der Waals surface area contributed by atoms with E-state index in [-0.39, 0.29) is 6.42 Å². The standard InChI is InChI=1S/C8H13NO3/c1-4-6(2)9-7(10)5-8(11)12-3/h4-5H2,1-3H3. The summed E-state index contributed by atoms with van der Waals surface area (Å²) in [5, 5.41) is 0. The van der Waals surface area contributed by atoms with Gasteiger partial charge in [-0.3, -0.25) is 9.59 Å². The Labute approximate surface area is 71.6 Å². The summed E-state index contributed by atoms with van der Waals surface area (Å²) in [6.07, 6.45) is 0.445. The molecule has 0 unspecified atom stereocenters. The van der Waals surface area contributed by atoms with Crippen LogP contribution in [0.2, 0.25) is 0 Å². The molecule has 12 heavy (non-hydrogen) atoms. The van der Waals surface area contributed by atoms with E-state index in [2.05, 4.69) is 9.73 Å². The van der Waals surface area contributed by atoms with Crippen LogP contribution in [0.25, 0.3) is 0 Å². The molecular weight excluding hydrogens is 158 g/mol. The van der Waals surface area contributed by atoms with Gasteiger partial charge in [-0.15, -0.1) is 0 Å². The first-order valence-electron chi connectivity index (χ1n) is 3.74. The first-order valence-corrected chi connectivity index (χ1v) is 3.74. The molecule has 0 heterocycles. The highest BCUT2D eigenvalue weighted by Gasteiger charge is 2.07. The summed E-state index contributed by atoms with van der Waals surface area (Å²) >= 11 is 0. The highest BCUT2D eigenvalue weighted by Crippen LogP contribution is 1.91. The second-order valence-corrected chi connectivity index (χ2v) is 2.35. The molecule has 0 radical (unpaired) electrons. The Kier molecular flexibility index (Phi) is 4.92. The molecule has 0 aliphatic heterocycles. The summed E-state index contributed by atoms with van der Waals surface area (Å²) < 4.78 is 4.31. The lowest BCUT2D eigenvalue weighted by Crippen LogP contribution is -2.08. The highest BCUT2D eigenvalue weighted by atomic mass is 16.5. The van der Waals surface area contributed by atoms with Crippen LogP contribution in [-0.2, 0) is 14.3 Å². The lowest BCUT2D eigenvalue weighted by Gasteiger charge is -1.95. The van der Waals surface area contributed by atoms with Gasteiger partial charge in [-0.25, -0.2) is 4.99 Å². The smallest absolute Gasteiger partial charge is 0.315 e. The zero-order valence-electron chi connectivity index (χ0n) is 7.59. The van der Waals surface area contributed by atoms with E-state index in [4.69, 9.17) is 0 Å². The van der Waals surface area contributed by atoms with Crippen molar-refractivity contribution in [1.82, 2.24) is 0 Å². The summed E-state index contributed by atoms with van der Waals surface area (Å²) in [5.41, 5.74) is 0.726. The van der Waals surface area contributed by atoms with Gasteiger partial charge in [0, 0.05) is 5.71 Å². The fourth-order valence-electron chi connectivity index (χ4n) is 0.527. The normalized spacial score (nSPS) is 11.1. The quantitative estimate of drug-likeness (QED) is 0.361. The van der Waals surface area contributed by atoms with Crippen molar-refractivity contribution < 1.29 is 14.3 Å². The molecule has 0 spiro atoms. The van der Waals surface area contributed by atoms with Gasteiger partial charge in [0.2, 0.25) is 0 Å². The molecule has 0 saturated carbocycles. The van der Waals surface area contributed by atoms with Crippen LogP contribution < -0.4 is 0 Å². The van der Waals surface area contributed by atoms with Crippen LogP contribution in [0.1, 0.15) is 26.7 Å². The number of rotatable bonds is 3. The second-order valence-electron chi connectivity index (χ2n) is 2.35. The molecule has 0 N–H and O–H groups in total. The lowest BCUT2D eigenvalue weighted by atomic mass is 10.3. The molecule has 0 fully saturated rings. The minimum Gasteiger partial charge on any atom is -0.469 e. The maximum absolute atomic E-state index is 10.9. The Bertz CT molecular complexity index is 208. The largest absolute Gasteiger partial charge is 0.469 e. The van der Waals surface area contributed by atoms with Gasteiger partial charge in [0.15, 0.2) is 0 Å². The highest BCUT2D eigenvalue weighted by molar-refractivity contribution is 6.01. The van der Waals surface area contributed by atoms with Crippen LogP contribution in [-0.4, -0.2) is 24.7 Å².